The summed E-state index contributed by atoms with van der Waals surface area (Å²) in [5, 5.41) is 19.3. The smallest absolute Gasteiger partial charge is 0.423 e. The number of esters is 1. The van der Waals surface area contributed by atoms with Gasteiger partial charge in [0.15, 0.2) is 5.82 Å². The van der Waals surface area contributed by atoms with Gasteiger partial charge in [0.1, 0.15) is 17.6 Å². The first-order valence-electron chi connectivity index (χ1n) is 14.0. The molecule has 0 radical (unpaired) electrons. The van der Waals surface area contributed by atoms with E-state index in [1.807, 2.05) is 6.92 Å². The number of benzene rings is 2. The van der Waals surface area contributed by atoms with Gasteiger partial charge in [-0.05, 0) is 68.1 Å². The molecule has 0 unspecified atom stereocenters. The number of ether oxygens (including phenoxy) is 2. The lowest BCUT2D eigenvalue weighted by atomic mass is 10.1. The van der Waals surface area contributed by atoms with Gasteiger partial charge in [-0.3, -0.25) is 14.4 Å². The lowest BCUT2D eigenvalue weighted by molar-refractivity contribution is -0.150. The molecule has 4 aromatic rings. The van der Waals surface area contributed by atoms with Gasteiger partial charge in [0.05, 0.1) is 17.7 Å². The SMILES string of the molecule is CCCNC(=O)c1ccc(C)c(N(C(=O)OCOC(=O)Cc2ccc(O)cc2)c2ncnn3cc(C(=O)NCC)c(C)c23)c1. The minimum absolute atomic E-state index is 0.0634. The average Bonchev–Trinajstić information content (AvgIpc) is 3.35. The van der Waals surface area contributed by atoms with Crippen LogP contribution < -0.4 is 15.5 Å². The number of carbonyl (C=O) groups is 4. The molecule has 0 aliphatic rings. The Morgan fingerprint density at radius 1 is 0.977 bits per heavy atom. The summed E-state index contributed by atoms with van der Waals surface area (Å²) in [7, 11) is 0. The van der Waals surface area contributed by atoms with Crippen LogP contribution in [-0.2, 0) is 20.7 Å². The predicted molar refractivity (Wildman–Crippen MR) is 161 cm³/mol. The third kappa shape index (κ3) is 7.12. The van der Waals surface area contributed by atoms with Crippen LogP contribution >= 0.6 is 0 Å². The number of aromatic hydroxyl groups is 1. The number of aryl methyl sites for hydroxylation is 2. The molecule has 3 amide bonds. The maximum atomic E-state index is 13.8. The van der Waals surface area contributed by atoms with E-state index < -0.39 is 18.9 Å². The molecule has 2 aromatic carbocycles. The molecule has 0 aliphatic heterocycles. The van der Waals surface area contributed by atoms with Crippen molar-refractivity contribution in [3.05, 3.63) is 82.8 Å². The number of nitrogens with zero attached hydrogens (tertiary/aromatic N) is 4. The van der Waals surface area contributed by atoms with Gasteiger partial charge in [0.2, 0.25) is 6.79 Å². The Hall–Kier alpha value is -5.46. The second-order valence-electron chi connectivity index (χ2n) is 9.88. The molecule has 0 aliphatic carbocycles. The van der Waals surface area contributed by atoms with E-state index in [9.17, 15) is 24.3 Å². The maximum absolute atomic E-state index is 13.8. The Balaban J connectivity index is 1.70. The Kier molecular flexibility index (Phi) is 10.1. The molecule has 0 fully saturated rings. The van der Waals surface area contributed by atoms with Crippen molar-refractivity contribution >= 4 is 40.9 Å². The largest absolute Gasteiger partial charge is 0.508 e. The summed E-state index contributed by atoms with van der Waals surface area (Å²) in [6.07, 6.45) is 2.46. The van der Waals surface area contributed by atoms with Crippen molar-refractivity contribution < 1.29 is 33.8 Å². The Morgan fingerprint density at radius 3 is 2.43 bits per heavy atom. The molecule has 3 N–H and O–H groups in total. The van der Waals surface area contributed by atoms with Crippen LogP contribution in [0, 0.1) is 13.8 Å². The van der Waals surface area contributed by atoms with Gasteiger partial charge in [0.25, 0.3) is 11.8 Å². The van der Waals surface area contributed by atoms with E-state index in [-0.39, 0.29) is 35.5 Å². The highest BCUT2D eigenvalue weighted by atomic mass is 16.7. The Labute approximate surface area is 253 Å². The monoisotopic (exact) mass is 602 g/mol. The maximum Gasteiger partial charge on any atom is 0.423 e. The van der Waals surface area contributed by atoms with E-state index in [2.05, 4.69) is 20.7 Å². The van der Waals surface area contributed by atoms with Crippen LogP contribution in [0.3, 0.4) is 0 Å². The van der Waals surface area contributed by atoms with E-state index >= 15 is 0 Å². The van der Waals surface area contributed by atoms with E-state index in [4.69, 9.17) is 9.47 Å². The predicted octanol–water partition coefficient (Wildman–Crippen LogP) is 3.96. The molecule has 2 aromatic heterocycles. The Bertz CT molecular complexity index is 1680. The summed E-state index contributed by atoms with van der Waals surface area (Å²) in [5.41, 5.74) is 3.02. The quantitative estimate of drug-likeness (QED) is 0.170. The van der Waals surface area contributed by atoms with Crippen molar-refractivity contribution in [2.75, 3.05) is 24.8 Å². The number of nitrogens with one attached hydrogen (secondary N) is 2. The molecule has 13 heteroatoms. The van der Waals surface area contributed by atoms with Crippen molar-refractivity contribution in [3.63, 3.8) is 0 Å². The summed E-state index contributed by atoms with van der Waals surface area (Å²) >= 11 is 0. The lowest BCUT2D eigenvalue weighted by Gasteiger charge is -2.24. The van der Waals surface area contributed by atoms with Gasteiger partial charge < -0.3 is 25.2 Å². The van der Waals surface area contributed by atoms with Crippen LogP contribution in [0.4, 0.5) is 16.3 Å². The Morgan fingerprint density at radius 2 is 1.73 bits per heavy atom. The minimum Gasteiger partial charge on any atom is -0.508 e. The van der Waals surface area contributed by atoms with Gasteiger partial charge >= 0.3 is 12.1 Å². The zero-order chi connectivity index (χ0) is 31.8. The zero-order valence-electron chi connectivity index (χ0n) is 24.9. The number of fused-ring (bicyclic) bond motifs is 1. The van der Waals surface area contributed by atoms with Crippen molar-refractivity contribution in [1.82, 2.24) is 25.2 Å². The zero-order valence-corrected chi connectivity index (χ0v) is 24.9. The van der Waals surface area contributed by atoms with Crippen molar-refractivity contribution in [2.24, 2.45) is 0 Å². The molecule has 0 bridgehead atoms. The topological polar surface area (TPSA) is 164 Å². The first-order chi connectivity index (χ1) is 21.1. The molecular formula is C31H34N6O7. The van der Waals surface area contributed by atoms with Gasteiger partial charge in [0, 0.05) is 24.8 Å². The van der Waals surface area contributed by atoms with Crippen LogP contribution in [0.1, 0.15) is 57.7 Å². The third-order valence-corrected chi connectivity index (χ3v) is 6.72. The van der Waals surface area contributed by atoms with E-state index in [1.165, 1.54) is 29.2 Å². The molecule has 44 heavy (non-hydrogen) atoms. The minimum atomic E-state index is -0.947. The molecule has 4 rings (SSSR count). The summed E-state index contributed by atoms with van der Waals surface area (Å²) in [6, 6.07) is 10.9. The van der Waals surface area contributed by atoms with Crippen LogP contribution in [0.2, 0.25) is 0 Å². The second kappa shape index (κ2) is 14.1. The fourth-order valence-electron chi connectivity index (χ4n) is 4.46. The number of phenols is 1. The highest BCUT2D eigenvalue weighted by Crippen LogP contribution is 2.34. The summed E-state index contributed by atoms with van der Waals surface area (Å²) in [5.74, 6) is -1.15. The van der Waals surface area contributed by atoms with E-state index in [1.54, 1.807) is 51.1 Å². The fourth-order valence-corrected chi connectivity index (χ4v) is 4.46. The van der Waals surface area contributed by atoms with Crippen LogP contribution in [0.15, 0.2) is 55.0 Å². The van der Waals surface area contributed by atoms with Gasteiger partial charge in [-0.2, -0.15) is 5.10 Å². The number of aromatic nitrogens is 3. The molecular weight excluding hydrogens is 568 g/mol. The van der Waals surface area contributed by atoms with E-state index in [0.717, 1.165) is 11.3 Å². The standard InChI is InChI=1S/C31H34N6O7/c1-5-13-33-29(40)22-10-7-19(3)25(15-22)37(31(42)44-18-43-26(39)14-21-8-11-23(38)12-9-21)28-27-20(4)24(30(41)32-6-2)16-36(27)35-17-34-28/h7-12,15-17,38H,5-6,13-14,18H2,1-4H3,(H,32,41)(H,33,40). The highest BCUT2D eigenvalue weighted by molar-refractivity contribution is 6.05. The van der Waals surface area contributed by atoms with Crippen molar-refractivity contribution in [1.29, 1.82) is 0 Å². The van der Waals surface area contributed by atoms with Crippen molar-refractivity contribution in [3.8, 4) is 5.75 Å². The number of hydrogen-bond acceptors (Lipinski definition) is 9. The first-order valence-corrected chi connectivity index (χ1v) is 14.0. The number of hydrogen-bond donors (Lipinski definition) is 3. The molecule has 0 spiro atoms. The highest BCUT2D eigenvalue weighted by Gasteiger charge is 2.29. The average molecular weight is 603 g/mol. The van der Waals surface area contributed by atoms with Gasteiger partial charge in [-0.1, -0.05) is 25.1 Å². The number of anilines is 2. The number of carbonyl (C=O) groups excluding carboxylic acids is 4. The summed E-state index contributed by atoms with van der Waals surface area (Å²) in [6.45, 7) is 7.39. The molecule has 13 nitrogen and oxygen atoms in total. The van der Waals surface area contributed by atoms with E-state index in [0.29, 0.717) is 46.4 Å². The number of amides is 3. The molecule has 0 saturated carbocycles. The van der Waals surface area contributed by atoms with Crippen LogP contribution in [0.25, 0.3) is 5.52 Å². The fraction of sp³-hybridized carbons (Fsp3) is 0.290. The first kappa shape index (κ1) is 31.5. The molecule has 230 valence electrons. The lowest BCUT2D eigenvalue weighted by Crippen LogP contribution is -2.31. The normalized spacial score (nSPS) is 10.7. The van der Waals surface area contributed by atoms with Crippen molar-refractivity contribution in [2.45, 2.75) is 40.5 Å². The number of rotatable bonds is 11. The van der Waals surface area contributed by atoms with Gasteiger partial charge in [-0.15, -0.1) is 0 Å². The molecule has 0 atom stereocenters. The molecule has 0 saturated heterocycles. The summed E-state index contributed by atoms with van der Waals surface area (Å²) < 4.78 is 12.0. The summed E-state index contributed by atoms with van der Waals surface area (Å²) in [4.78, 5) is 57.3. The second-order valence-corrected chi connectivity index (χ2v) is 9.88. The number of phenolic OH excluding ortho intramolecular Hbond substituents is 1. The van der Waals surface area contributed by atoms with Crippen LogP contribution in [-0.4, -0.2) is 63.5 Å². The molecule has 2 heterocycles. The van der Waals surface area contributed by atoms with Crippen LogP contribution in [0.5, 0.6) is 5.75 Å². The van der Waals surface area contributed by atoms with Gasteiger partial charge in [-0.25, -0.2) is 19.2 Å². The third-order valence-electron chi connectivity index (χ3n) is 6.72.